The van der Waals surface area contributed by atoms with E-state index in [9.17, 15) is 8.42 Å². The monoisotopic (exact) mass is 378 g/mol. The maximum absolute atomic E-state index is 12.0. The molecule has 1 aliphatic heterocycles. The highest BCUT2D eigenvalue weighted by Gasteiger charge is 2.30. The Morgan fingerprint density at radius 3 is 1.84 bits per heavy atom. The average molecular weight is 378 g/mol. The number of sulfonamides is 1. The third-order valence-electron chi connectivity index (χ3n) is 4.81. The molecule has 0 atom stereocenters. The summed E-state index contributed by atoms with van der Waals surface area (Å²) in [7, 11) is -2.99. The number of piperazine rings is 1. The number of rotatable bonds is 4. The van der Waals surface area contributed by atoms with Gasteiger partial charge in [0.2, 0.25) is 10.0 Å². The maximum atomic E-state index is 12.0. The molecular weight excluding hydrogens is 348 g/mol. The molecule has 2 N–H and O–H groups in total. The smallest absolute Gasteiger partial charge is 0.414 e. The second-order valence-electron chi connectivity index (χ2n) is 6.78. The van der Waals surface area contributed by atoms with Gasteiger partial charge < -0.3 is 10.2 Å². The fraction of sp³-hybridized carbons (Fsp3) is 0.875. The van der Waals surface area contributed by atoms with E-state index in [1.165, 1.54) is 25.7 Å². The van der Waals surface area contributed by atoms with Gasteiger partial charge in [0.15, 0.2) is 0 Å². The normalized spacial score (nSPS) is 25.7. The van der Waals surface area contributed by atoms with Gasteiger partial charge in [-0.2, -0.15) is 4.31 Å². The van der Waals surface area contributed by atoms with E-state index in [0.29, 0.717) is 31.3 Å². The SMILES string of the molecule is CCCS(=O)(=O)N1CCN(C2CCC(C)CC2)CC1.O=C(O)C(=O)O. The Hall–Kier alpha value is -1.19. The zero-order valence-corrected chi connectivity index (χ0v) is 15.9. The lowest BCUT2D eigenvalue weighted by molar-refractivity contribution is -0.159. The summed E-state index contributed by atoms with van der Waals surface area (Å²) in [6, 6.07) is 0.701. The van der Waals surface area contributed by atoms with Crippen molar-refractivity contribution in [1.29, 1.82) is 0 Å². The highest BCUT2D eigenvalue weighted by Crippen LogP contribution is 2.27. The molecule has 0 amide bonds. The first-order valence-electron chi connectivity index (χ1n) is 8.85. The fourth-order valence-corrected chi connectivity index (χ4v) is 4.84. The van der Waals surface area contributed by atoms with Crippen molar-refractivity contribution in [1.82, 2.24) is 9.21 Å². The topological polar surface area (TPSA) is 115 Å². The predicted octanol–water partition coefficient (Wildman–Crippen LogP) is 1.08. The van der Waals surface area contributed by atoms with Crippen molar-refractivity contribution in [2.24, 2.45) is 5.92 Å². The van der Waals surface area contributed by atoms with Crippen LogP contribution in [0, 0.1) is 5.92 Å². The Balaban J connectivity index is 0.000000450. The first-order chi connectivity index (χ1) is 11.7. The largest absolute Gasteiger partial charge is 0.473 e. The third kappa shape index (κ3) is 7.29. The summed E-state index contributed by atoms with van der Waals surface area (Å²) < 4.78 is 25.7. The number of hydrogen-bond acceptors (Lipinski definition) is 5. The van der Waals surface area contributed by atoms with E-state index in [0.717, 1.165) is 19.0 Å². The maximum Gasteiger partial charge on any atom is 0.414 e. The van der Waals surface area contributed by atoms with Crippen LogP contribution in [-0.2, 0) is 19.6 Å². The fourth-order valence-electron chi connectivity index (χ4n) is 3.34. The highest BCUT2D eigenvalue weighted by molar-refractivity contribution is 7.89. The molecule has 0 radical (unpaired) electrons. The molecule has 0 aromatic heterocycles. The van der Waals surface area contributed by atoms with Crippen LogP contribution in [0.15, 0.2) is 0 Å². The van der Waals surface area contributed by atoms with Crippen molar-refractivity contribution < 1.29 is 28.2 Å². The van der Waals surface area contributed by atoms with Crippen LogP contribution in [-0.4, -0.2) is 77.7 Å². The lowest BCUT2D eigenvalue weighted by Gasteiger charge is -2.41. The molecule has 0 bridgehead atoms. The van der Waals surface area contributed by atoms with Crippen molar-refractivity contribution in [3.8, 4) is 0 Å². The molecule has 1 saturated heterocycles. The summed E-state index contributed by atoms with van der Waals surface area (Å²) in [6.45, 7) is 7.48. The first kappa shape index (κ1) is 21.9. The molecule has 1 heterocycles. The van der Waals surface area contributed by atoms with Crippen molar-refractivity contribution in [2.75, 3.05) is 31.9 Å². The second-order valence-corrected chi connectivity index (χ2v) is 8.86. The average Bonchev–Trinajstić information content (AvgIpc) is 2.56. The summed E-state index contributed by atoms with van der Waals surface area (Å²) >= 11 is 0. The lowest BCUT2D eigenvalue weighted by atomic mass is 9.86. The van der Waals surface area contributed by atoms with Crippen molar-refractivity contribution in [2.45, 2.75) is 52.0 Å². The summed E-state index contributed by atoms with van der Waals surface area (Å²) in [5.74, 6) is -2.47. The van der Waals surface area contributed by atoms with E-state index in [1.807, 2.05) is 6.92 Å². The van der Waals surface area contributed by atoms with Gasteiger partial charge in [-0.05, 0) is 38.0 Å². The zero-order valence-electron chi connectivity index (χ0n) is 15.1. The van der Waals surface area contributed by atoms with Crippen molar-refractivity contribution in [3.63, 3.8) is 0 Å². The first-order valence-corrected chi connectivity index (χ1v) is 10.5. The molecule has 8 nitrogen and oxygen atoms in total. The van der Waals surface area contributed by atoms with Crippen molar-refractivity contribution in [3.05, 3.63) is 0 Å². The van der Waals surface area contributed by atoms with Gasteiger partial charge in [-0.15, -0.1) is 0 Å². The molecule has 0 aromatic carbocycles. The molecule has 2 aliphatic rings. The molecule has 0 unspecified atom stereocenters. The van der Waals surface area contributed by atoms with Gasteiger partial charge in [0.1, 0.15) is 0 Å². The second kappa shape index (κ2) is 10.1. The quantitative estimate of drug-likeness (QED) is 0.703. The van der Waals surface area contributed by atoms with Gasteiger partial charge in [-0.25, -0.2) is 18.0 Å². The Kier molecular flexibility index (Phi) is 8.81. The highest BCUT2D eigenvalue weighted by atomic mass is 32.2. The minimum Gasteiger partial charge on any atom is -0.473 e. The summed E-state index contributed by atoms with van der Waals surface area (Å²) in [5.41, 5.74) is 0. The van der Waals surface area contributed by atoms with Gasteiger partial charge >= 0.3 is 11.9 Å². The number of carbonyl (C=O) groups is 2. The van der Waals surface area contributed by atoms with E-state index in [4.69, 9.17) is 19.8 Å². The summed E-state index contributed by atoms with van der Waals surface area (Å²) in [4.78, 5) is 20.7. The van der Waals surface area contributed by atoms with Crippen LogP contribution in [0.2, 0.25) is 0 Å². The third-order valence-corrected chi connectivity index (χ3v) is 6.89. The predicted molar refractivity (Wildman–Crippen MR) is 93.9 cm³/mol. The van der Waals surface area contributed by atoms with Gasteiger partial charge in [0.05, 0.1) is 5.75 Å². The standard InChI is InChI=1S/C14H28N2O2S.C2H2O4/c1-3-12-19(17,18)16-10-8-15(9-11-16)14-6-4-13(2)5-7-14;3-1(4)2(5)6/h13-14H,3-12H2,1-2H3;(H,3,4)(H,5,6). The Labute approximate surface area is 149 Å². The van der Waals surface area contributed by atoms with Crippen LogP contribution in [0.25, 0.3) is 0 Å². The lowest BCUT2D eigenvalue weighted by Crippen LogP contribution is -2.52. The summed E-state index contributed by atoms with van der Waals surface area (Å²) in [6.07, 6.45) is 5.97. The van der Waals surface area contributed by atoms with E-state index in [1.54, 1.807) is 4.31 Å². The molecular formula is C16H30N2O6S. The van der Waals surface area contributed by atoms with Crippen LogP contribution in [0.4, 0.5) is 0 Å². The summed E-state index contributed by atoms with van der Waals surface area (Å²) in [5, 5.41) is 14.8. The molecule has 9 heteroatoms. The number of carboxylic acids is 2. The molecule has 146 valence electrons. The van der Waals surface area contributed by atoms with Gasteiger partial charge in [0.25, 0.3) is 0 Å². The molecule has 0 aromatic rings. The zero-order chi connectivity index (χ0) is 19.0. The van der Waals surface area contributed by atoms with E-state index in [-0.39, 0.29) is 0 Å². The Morgan fingerprint density at radius 1 is 0.960 bits per heavy atom. The number of nitrogens with zero attached hydrogens (tertiary/aromatic N) is 2. The molecule has 2 rings (SSSR count). The van der Waals surface area contributed by atoms with Crippen LogP contribution in [0.1, 0.15) is 46.0 Å². The molecule has 25 heavy (non-hydrogen) atoms. The minimum absolute atomic E-state index is 0.300. The molecule has 2 fully saturated rings. The molecule has 1 saturated carbocycles. The number of hydrogen-bond donors (Lipinski definition) is 2. The Morgan fingerprint density at radius 2 is 1.44 bits per heavy atom. The van der Waals surface area contributed by atoms with Gasteiger partial charge in [0, 0.05) is 32.2 Å². The number of aliphatic carboxylic acids is 2. The molecule has 1 aliphatic carbocycles. The van der Waals surface area contributed by atoms with E-state index < -0.39 is 22.0 Å². The van der Waals surface area contributed by atoms with Gasteiger partial charge in [-0.3, -0.25) is 4.90 Å². The van der Waals surface area contributed by atoms with Gasteiger partial charge in [-0.1, -0.05) is 13.8 Å². The number of carboxylic acid groups (broad SMARTS) is 2. The van der Waals surface area contributed by atoms with Crippen LogP contribution in [0.5, 0.6) is 0 Å². The van der Waals surface area contributed by atoms with E-state index in [2.05, 4.69) is 11.8 Å². The molecule has 0 spiro atoms. The van der Waals surface area contributed by atoms with Crippen LogP contribution in [0.3, 0.4) is 0 Å². The Bertz CT molecular complexity index is 523. The van der Waals surface area contributed by atoms with E-state index >= 15 is 0 Å². The van der Waals surface area contributed by atoms with Crippen LogP contribution < -0.4 is 0 Å². The van der Waals surface area contributed by atoms with Crippen molar-refractivity contribution >= 4 is 22.0 Å². The minimum atomic E-state index is -2.99. The van der Waals surface area contributed by atoms with Crippen LogP contribution >= 0.6 is 0 Å².